The van der Waals surface area contributed by atoms with Gasteiger partial charge in [0.1, 0.15) is 5.69 Å². The fourth-order valence-electron chi connectivity index (χ4n) is 2.65. The van der Waals surface area contributed by atoms with Crippen LogP contribution in [0.15, 0.2) is 12.1 Å². The van der Waals surface area contributed by atoms with Gasteiger partial charge in [-0.15, -0.1) is 0 Å². The molecule has 0 radical (unpaired) electrons. The molecular formula is C17H27N5O. The second-order valence-corrected chi connectivity index (χ2v) is 6.56. The molecule has 1 atom stereocenters. The van der Waals surface area contributed by atoms with Crippen LogP contribution in [0.3, 0.4) is 0 Å². The average Bonchev–Trinajstić information content (AvgIpc) is 3.04. The molecule has 0 bridgehead atoms. The first-order valence-electron chi connectivity index (χ1n) is 8.27. The Balaban J connectivity index is 2.02. The fraction of sp³-hybridized carbons (Fsp3) is 0.588. The van der Waals surface area contributed by atoms with Crippen LogP contribution in [-0.2, 0) is 19.4 Å². The number of carbonyl (C=O) groups excluding carboxylic acids is 1. The van der Waals surface area contributed by atoms with E-state index in [1.165, 1.54) is 0 Å². The summed E-state index contributed by atoms with van der Waals surface area (Å²) in [5, 5.41) is 14.7. The minimum atomic E-state index is -0.0749. The lowest BCUT2D eigenvalue weighted by molar-refractivity contribution is 0.0929. The number of hydrogen-bond donors (Lipinski definition) is 2. The first-order chi connectivity index (χ1) is 10.9. The quantitative estimate of drug-likeness (QED) is 0.824. The van der Waals surface area contributed by atoms with E-state index < -0.39 is 0 Å². The van der Waals surface area contributed by atoms with Gasteiger partial charge in [-0.05, 0) is 45.2 Å². The summed E-state index contributed by atoms with van der Waals surface area (Å²) < 4.78 is 1.78. The van der Waals surface area contributed by atoms with Gasteiger partial charge in [0.15, 0.2) is 0 Å². The van der Waals surface area contributed by atoms with Gasteiger partial charge in [-0.2, -0.15) is 10.2 Å². The van der Waals surface area contributed by atoms with Crippen molar-refractivity contribution in [1.82, 2.24) is 25.3 Å². The predicted octanol–water partition coefficient (Wildman–Crippen LogP) is 2.49. The highest BCUT2D eigenvalue weighted by Gasteiger charge is 2.17. The summed E-state index contributed by atoms with van der Waals surface area (Å²) in [5.74, 6) is 0.446. The smallest absolute Gasteiger partial charge is 0.269 e. The minimum absolute atomic E-state index is 0.0129. The van der Waals surface area contributed by atoms with Crippen LogP contribution in [0.25, 0.3) is 0 Å². The number of aryl methyl sites for hydroxylation is 2. The van der Waals surface area contributed by atoms with Crippen molar-refractivity contribution in [3.63, 3.8) is 0 Å². The molecule has 0 saturated carbocycles. The molecule has 2 aromatic rings. The molecule has 2 aromatic heterocycles. The number of aromatic nitrogens is 4. The van der Waals surface area contributed by atoms with E-state index in [0.29, 0.717) is 24.6 Å². The zero-order chi connectivity index (χ0) is 17.0. The molecule has 1 amide bonds. The van der Waals surface area contributed by atoms with Gasteiger partial charge in [0.05, 0.1) is 11.4 Å². The van der Waals surface area contributed by atoms with Crippen LogP contribution in [0, 0.1) is 12.8 Å². The number of H-pyrrole nitrogens is 1. The Bertz CT molecular complexity index is 656. The number of amides is 1. The van der Waals surface area contributed by atoms with Gasteiger partial charge in [0.2, 0.25) is 0 Å². The van der Waals surface area contributed by atoms with Crippen molar-refractivity contribution in [3.05, 3.63) is 34.9 Å². The average molecular weight is 317 g/mol. The monoisotopic (exact) mass is 317 g/mol. The van der Waals surface area contributed by atoms with Crippen LogP contribution in [0.2, 0.25) is 0 Å². The maximum Gasteiger partial charge on any atom is 0.269 e. The summed E-state index contributed by atoms with van der Waals surface area (Å²) in [4.78, 5) is 12.5. The van der Waals surface area contributed by atoms with E-state index in [1.54, 1.807) is 4.68 Å². The third-order valence-corrected chi connectivity index (χ3v) is 3.63. The zero-order valence-electron chi connectivity index (χ0n) is 14.7. The molecule has 2 rings (SSSR count). The van der Waals surface area contributed by atoms with Gasteiger partial charge in [-0.1, -0.05) is 13.8 Å². The highest BCUT2D eigenvalue weighted by atomic mass is 16.2. The molecule has 0 aromatic carbocycles. The molecule has 2 N–H and O–H groups in total. The SMILES string of the molecule is CCn1nc(CC(C)C)cc1C(=O)N[C@@H](C)Cc1cc(C)[nH]n1. The first kappa shape index (κ1) is 17.2. The number of aromatic amines is 1. The van der Waals surface area contributed by atoms with Crippen molar-refractivity contribution < 1.29 is 4.79 Å². The van der Waals surface area contributed by atoms with E-state index in [9.17, 15) is 4.79 Å². The number of hydrogen-bond acceptors (Lipinski definition) is 3. The van der Waals surface area contributed by atoms with Crippen LogP contribution >= 0.6 is 0 Å². The van der Waals surface area contributed by atoms with Crippen molar-refractivity contribution >= 4 is 5.91 Å². The predicted molar refractivity (Wildman–Crippen MR) is 90.4 cm³/mol. The number of rotatable bonds is 7. The van der Waals surface area contributed by atoms with Crippen LogP contribution < -0.4 is 5.32 Å². The van der Waals surface area contributed by atoms with Crippen molar-refractivity contribution in [2.24, 2.45) is 5.92 Å². The molecule has 2 heterocycles. The van der Waals surface area contributed by atoms with E-state index in [2.05, 4.69) is 34.5 Å². The molecule has 23 heavy (non-hydrogen) atoms. The molecule has 0 aliphatic rings. The Labute approximate surface area is 137 Å². The molecule has 0 spiro atoms. The summed E-state index contributed by atoms with van der Waals surface area (Å²) in [6.45, 7) is 10.9. The molecule has 0 aliphatic carbocycles. The molecule has 126 valence electrons. The summed E-state index contributed by atoms with van der Waals surface area (Å²) in [7, 11) is 0. The van der Waals surface area contributed by atoms with Gasteiger partial charge in [0, 0.05) is 24.7 Å². The van der Waals surface area contributed by atoms with Crippen LogP contribution in [0.5, 0.6) is 0 Å². The standard InChI is InChI=1S/C17H27N5O/c1-6-22-16(10-15(21-22)7-11(2)3)17(23)18-12(4)8-14-9-13(5)19-20-14/h9-12H,6-8H2,1-5H3,(H,18,23)(H,19,20)/t12-/m0/s1. The Hall–Kier alpha value is -2.11. The third-order valence-electron chi connectivity index (χ3n) is 3.63. The van der Waals surface area contributed by atoms with Gasteiger partial charge >= 0.3 is 0 Å². The molecule has 6 heteroatoms. The Morgan fingerprint density at radius 3 is 2.57 bits per heavy atom. The number of carbonyl (C=O) groups is 1. The van der Waals surface area contributed by atoms with Gasteiger partial charge < -0.3 is 5.32 Å². The topological polar surface area (TPSA) is 75.6 Å². The molecule has 0 saturated heterocycles. The van der Waals surface area contributed by atoms with Gasteiger partial charge in [-0.25, -0.2) is 0 Å². The fourth-order valence-corrected chi connectivity index (χ4v) is 2.65. The van der Waals surface area contributed by atoms with E-state index in [0.717, 1.165) is 23.5 Å². The Morgan fingerprint density at radius 1 is 1.26 bits per heavy atom. The van der Waals surface area contributed by atoms with Crippen LogP contribution in [0.4, 0.5) is 0 Å². The molecule has 6 nitrogen and oxygen atoms in total. The Kier molecular flexibility index (Phi) is 5.58. The number of nitrogens with zero attached hydrogens (tertiary/aromatic N) is 3. The minimum Gasteiger partial charge on any atom is -0.348 e. The van der Waals surface area contributed by atoms with Crippen molar-refractivity contribution in [2.75, 3.05) is 0 Å². The van der Waals surface area contributed by atoms with E-state index in [-0.39, 0.29) is 11.9 Å². The third kappa shape index (κ3) is 4.68. The normalized spacial score (nSPS) is 12.6. The lowest BCUT2D eigenvalue weighted by Gasteiger charge is -2.13. The van der Waals surface area contributed by atoms with Gasteiger partial charge in [0.25, 0.3) is 5.91 Å². The molecule has 0 aliphatic heterocycles. The maximum absolute atomic E-state index is 12.5. The van der Waals surface area contributed by atoms with E-state index in [1.807, 2.05) is 32.9 Å². The second-order valence-electron chi connectivity index (χ2n) is 6.56. The highest BCUT2D eigenvalue weighted by Crippen LogP contribution is 2.11. The summed E-state index contributed by atoms with van der Waals surface area (Å²) in [6, 6.07) is 3.92. The molecule has 0 fully saturated rings. The van der Waals surface area contributed by atoms with Crippen molar-refractivity contribution in [1.29, 1.82) is 0 Å². The van der Waals surface area contributed by atoms with Crippen LogP contribution in [-0.4, -0.2) is 31.9 Å². The highest BCUT2D eigenvalue weighted by molar-refractivity contribution is 5.92. The van der Waals surface area contributed by atoms with Gasteiger partial charge in [-0.3, -0.25) is 14.6 Å². The zero-order valence-corrected chi connectivity index (χ0v) is 14.7. The van der Waals surface area contributed by atoms with E-state index in [4.69, 9.17) is 0 Å². The number of nitrogens with one attached hydrogen (secondary N) is 2. The lowest BCUT2D eigenvalue weighted by atomic mass is 10.1. The summed E-state index contributed by atoms with van der Waals surface area (Å²) in [6.07, 6.45) is 1.59. The maximum atomic E-state index is 12.5. The first-order valence-corrected chi connectivity index (χ1v) is 8.27. The largest absolute Gasteiger partial charge is 0.348 e. The molecule has 0 unspecified atom stereocenters. The second kappa shape index (κ2) is 7.44. The lowest BCUT2D eigenvalue weighted by Crippen LogP contribution is -2.35. The van der Waals surface area contributed by atoms with Crippen LogP contribution in [0.1, 0.15) is 55.3 Å². The Morgan fingerprint density at radius 2 is 2.00 bits per heavy atom. The van der Waals surface area contributed by atoms with Crippen molar-refractivity contribution in [2.45, 2.75) is 60.0 Å². The van der Waals surface area contributed by atoms with E-state index >= 15 is 0 Å². The molecular weight excluding hydrogens is 290 g/mol. The summed E-state index contributed by atoms with van der Waals surface area (Å²) >= 11 is 0. The van der Waals surface area contributed by atoms with Crippen molar-refractivity contribution in [3.8, 4) is 0 Å². The summed E-state index contributed by atoms with van der Waals surface area (Å²) in [5.41, 5.74) is 3.59.